The van der Waals surface area contributed by atoms with Crippen molar-refractivity contribution >= 4 is 34.1 Å². The van der Waals surface area contributed by atoms with Crippen molar-refractivity contribution in [2.24, 2.45) is 0 Å². The molecule has 1 amide bonds. The molecule has 1 fully saturated rings. The zero-order valence-electron chi connectivity index (χ0n) is 23.5. The first-order chi connectivity index (χ1) is 19.4. The van der Waals surface area contributed by atoms with Crippen LogP contribution in [0, 0.1) is 13.8 Å². The van der Waals surface area contributed by atoms with Crippen LogP contribution in [0.25, 0.3) is 10.9 Å². The monoisotopic (exact) mass is 556 g/mol. The molecule has 3 aromatic heterocycles. The van der Waals surface area contributed by atoms with E-state index in [-0.39, 0.29) is 5.91 Å². The van der Waals surface area contributed by atoms with Gasteiger partial charge >= 0.3 is 0 Å². The summed E-state index contributed by atoms with van der Waals surface area (Å²) in [5.41, 5.74) is 5.50. The number of hydrogen-bond donors (Lipinski definition) is 1. The number of aromatic nitrogens is 3. The van der Waals surface area contributed by atoms with Gasteiger partial charge in [0.25, 0.3) is 5.91 Å². The smallest absolute Gasteiger partial charge is 0.253 e. The van der Waals surface area contributed by atoms with Crippen LogP contribution in [-0.4, -0.2) is 57.5 Å². The van der Waals surface area contributed by atoms with Crippen LogP contribution in [0.1, 0.15) is 53.4 Å². The fraction of sp³-hybridized carbons (Fsp3) is 0.375. The molecule has 4 heterocycles. The highest BCUT2D eigenvalue weighted by atomic mass is 35.5. The minimum Gasteiger partial charge on any atom is -0.363 e. The van der Waals surface area contributed by atoms with E-state index in [2.05, 4.69) is 62.3 Å². The van der Waals surface area contributed by atoms with Gasteiger partial charge in [-0.25, -0.2) is 4.98 Å². The number of rotatable bonds is 9. The second-order valence-corrected chi connectivity index (χ2v) is 11.1. The normalized spacial score (nSPS) is 15.2. The third kappa shape index (κ3) is 6.60. The number of aryl methyl sites for hydroxylation is 2. The van der Waals surface area contributed by atoms with Gasteiger partial charge in [-0.15, -0.1) is 0 Å². The molecule has 1 aliphatic heterocycles. The highest BCUT2D eigenvalue weighted by Crippen LogP contribution is 2.28. The number of hydrogen-bond acceptors (Lipinski definition) is 6. The van der Waals surface area contributed by atoms with Crippen LogP contribution >= 0.6 is 11.6 Å². The van der Waals surface area contributed by atoms with Crippen LogP contribution < -0.4 is 10.2 Å². The first-order valence-electron chi connectivity index (χ1n) is 14.1. The Balaban J connectivity index is 1.20. The Morgan fingerprint density at radius 2 is 1.93 bits per heavy atom. The van der Waals surface area contributed by atoms with Gasteiger partial charge in [0, 0.05) is 56.0 Å². The Kier molecular flexibility index (Phi) is 8.92. The van der Waals surface area contributed by atoms with Crippen LogP contribution in [-0.2, 0) is 6.54 Å². The number of pyridine rings is 3. The van der Waals surface area contributed by atoms with E-state index in [4.69, 9.17) is 16.6 Å². The molecule has 0 saturated carbocycles. The summed E-state index contributed by atoms with van der Waals surface area (Å²) in [4.78, 5) is 31.2. The van der Waals surface area contributed by atoms with Crippen molar-refractivity contribution in [2.75, 3.05) is 24.5 Å². The largest absolute Gasteiger partial charge is 0.363 e. The quantitative estimate of drug-likeness (QED) is 0.256. The van der Waals surface area contributed by atoms with E-state index in [1.807, 2.05) is 44.6 Å². The first-order valence-corrected chi connectivity index (χ1v) is 14.4. The lowest BCUT2D eigenvalue weighted by Gasteiger charge is -2.41. The lowest BCUT2D eigenvalue weighted by Crippen LogP contribution is -2.48. The minimum absolute atomic E-state index is 0.0832. The second kappa shape index (κ2) is 12.7. The minimum atomic E-state index is -0.0832. The van der Waals surface area contributed by atoms with E-state index in [0.29, 0.717) is 35.0 Å². The number of likely N-dealkylation sites (tertiary alicyclic amines) is 1. The summed E-state index contributed by atoms with van der Waals surface area (Å²) < 4.78 is 0. The number of halogens is 1. The molecule has 1 unspecified atom stereocenters. The molecule has 8 heteroatoms. The number of nitrogens with zero attached hydrogens (tertiary/aromatic N) is 5. The summed E-state index contributed by atoms with van der Waals surface area (Å²) >= 11 is 6.03. The molecular weight excluding hydrogens is 520 g/mol. The van der Waals surface area contributed by atoms with E-state index in [1.54, 1.807) is 6.07 Å². The highest BCUT2D eigenvalue weighted by Gasteiger charge is 2.28. The summed E-state index contributed by atoms with van der Waals surface area (Å²) in [6, 6.07) is 17.2. The topological polar surface area (TPSA) is 74.2 Å². The predicted octanol–water partition coefficient (Wildman–Crippen LogP) is 5.97. The van der Waals surface area contributed by atoms with Gasteiger partial charge in [0.1, 0.15) is 5.15 Å². The van der Waals surface area contributed by atoms with Gasteiger partial charge in [0.05, 0.1) is 28.7 Å². The van der Waals surface area contributed by atoms with Gasteiger partial charge in [-0.3, -0.25) is 14.8 Å². The molecule has 1 aliphatic rings. The third-order valence-corrected chi connectivity index (χ3v) is 8.18. The standard InChI is InChI=1S/C32H37ClN6O/c1-22-17-30(33)37-24(3)31(22)32(40)35-14-10-23(2)38-15-11-27(12-16-38)39(21-25-7-6-13-34-19-25)28-18-26-8-4-5-9-29(26)36-20-28/h4-9,13,17-20,23,27H,10-12,14-16,21H2,1-3H3,(H,35,40). The number of amides is 1. The number of nitrogens with one attached hydrogen (secondary N) is 1. The molecule has 208 valence electrons. The maximum Gasteiger partial charge on any atom is 0.253 e. The number of benzene rings is 1. The van der Waals surface area contributed by atoms with E-state index < -0.39 is 0 Å². The molecule has 7 nitrogen and oxygen atoms in total. The fourth-order valence-electron chi connectivity index (χ4n) is 5.77. The molecule has 40 heavy (non-hydrogen) atoms. The maximum absolute atomic E-state index is 12.8. The van der Waals surface area contributed by atoms with Gasteiger partial charge in [0.2, 0.25) is 0 Å². The van der Waals surface area contributed by atoms with Gasteiger partial charge in [-0.2, -0.15) is 0 Å². The summed E-state index contributed by atoms with van der Waals surface area (Å²) in [6.07, 6.45) is 8.81. The van der Waals surface area contributed by atoms with Crippen molar-refractivity contribution in [1.82, 2.24) is 25.2 Å². The molecule has 0 bridgehead atoms. The van der Waals surface area contributed by atoms with Crippen molar-refractivity contribution in [2.45, 2.75) is 58.7 Å². The van der Waals surface area contributed by atoms with Gasteiger partial charge < -0.3 is 15.1 Å². The zero-order chi connectivity index (χ0) is 28.1. The van der Waals surface area contributed by atoms with Crippen molar-refractivity contribution in [3.63, 3.8) is 0 Å². The van der Waals surface area contributed by atoms with E-state index in [1.165, 1.54) is 5.56 Å². The number of carbonyl (C=O) groups excluding carboxylic acids is 1. The molecule has 5 rings (SSSR count). The van der Waals surface area contributed by atoms with Gasteiger partial charge in [-0.05, 0) is 75.4 Å². The predicted molar refractivity (Wildman–Crippen MR) is 162 cm³/mol. The zero-order valence-corrected chi connectivity index (χ0v) is 24.2. The maximum atomic E-state index is 12.8. The Morgan fingerprint density at radius 1 is 1.12 bits per heavy atom. The summed E-state index contributed by atoms with van der Waals surface area (Å²) in [5.74, 6) is -0.0832. The number of carbonyl (C=O) groups is 1. The van der Waals surface area contributed by atoms with Crippen LogP contribution in [0.5, 0.6) is 0 Å². The Bertz CT molecular complexity index is 1430. The molecule has 1 N–H and O–H groups in total. The van der Waals surface area contributed by atoms with Gasteiger partial charge in [0.15, 0.2) is 0 Å². The lowest BCUT2D eigenvalue weighted by molar-refractivity contribution is 0.0943. The van der Waals surface area contributed by atoms with E-state index >= 15 is 0 Å². The molecule has 0 radical (unpaired) electrons. The molecule has 1 saturated heterocycles. The molecule has 0 aliphatic carbocycles. The molecular formula is C32H37ClN6O. The van der Waals surface area contributed by atoms with Crippen LogP contribution in [0.2, 0.25) is 5.15 Å². The Hall–Kier alpha value is -3.55. The fourth-order valence-corrected chi connectivity index (χ4v) is 6.06. The van der Waals surface area contributed by atoms with Crippen LogP contribution in [0.4, 0.5) is 5.69 Å². The van der Waals surface area contributed by atoms with Crippen molar-refractivity contribution < 1.29 is 4.79 Å². The summed E-state index contributed by atoms with van der Waals surface area (Å²) in [7, 11) is 0. The third-order valence-electron chi connectivity index (χ3n) is 7.99. The van der Waals surface area contributed by atoms with Crippen molar-refractivity contribution in [3.05, 3.63) is 94.7 Å². The highest BCUT2D eigenvalue weighted by molar-refractivity contribution is 6.29. The number of piperidine rings is 1. The first kappa shape index (κ1) is 28.0. The van der Waals surface area contributed by atoms with Crippen molar-refractivity contribution in [1.29, 1.82) is 0 Å². The molecule has 1 atom stereocenters. The second-order valence-electron chi connectivity index (χ2n) is 10.8. The van der Waals surface area contributed by atoms with Crippen LogP contribution in [0.15, 0.2) is 67.1 Å². The molecule has 4 aromatic rings. The average Bonchev–Trinajstić information content (AvgIpc) is 2.96. The number of fused-ring (bicyclic) bond motifs is 1. The number of anilines is 1. The summed E-state index contributed by atoms with van der Waals surface area (Å²) in [5, 5.41) is 4.66. The van der Waals surface area contributed by atoms with E-state index in [0.717, 1.165) is 61.1 Å². The molecule has 0 spiro atoms. The number of para-hydroxylation sites is 1. The van der Waals surface area contributed by atoms with Crippen LogP contribution in [0.3, 0.4) is 0 Å². The molecule has 1 aromatic carbocycles. The lowest BCUT2D eigenvalue weighted by atomic mass is 9.99. The Morgan fingerprint density at radius 3 is 2.67 bits per heavy atom. The Labute approximate surface area is 241 Å². The average molecular weight is 557 g/mol. The van der Waals surface area contributed by atoms with Crippen molar-refractivity contribution in [3.8, 4) is 0 Å². The SMILES string of the molecule is Cc1cc(Cl)nc(C)c1C(=O)NCCC(C)N1CCC(N(Cc2cccnc2)c2cnc3ccccc3c2)CC1. The van der Waals surface area contributed by atoms with E-state index in [9.17, 15) is 4.79 Å². The van der Waals surface area contributed by atoms with Gasteiger partial charge in [-0.1, -0.05) is 35.9 Å². The summed E-state index contributed by atoms with van der Waals surface area (Å²) in [6.45, 7) is 9.44.